The first-order valence-corrected chi connectivity index (χ1v) is 6.63. The van der Waals surface area contributed by atoms with Gasteiger partial charge >= 0.3 is 0 Å². The third-order valence-corrected chi connectivity index (χ3v) is 3.12. The number of anilines is 1. The lowest BCUT2D eigenvalue weighted by atomic mass is 10.2. The SMILES string of the molecule is Cc1ccc(Cl)c(NC(=S)NCc2cccnc2)c1. The highest BCUT2D eigenvalue weighted by Crippen LogP contribution is 2.22. The van der Waals surface area contributed by atoms with Crippen LogP contribution in [0.15, 0.2) is 42.7 Å². The van der Waals surface area contributed by atoms with Crippen LogP contribution in [-0.4, -0.2) is 10.1 Å². The molecule has 0 amide bonds. The second kappa shape index (κ2) is 6.50. The summed E-state index contributed by atoms with van der Waals surface area (Å²) in [7, 11) is 0. The van der Waals surface area contributed by atoms with Gasteiger partial charge in [-0.1, -0.05) is 23.7 Å². The molecule has 0 aliphatic heterocycles. The molecule has 0 bridgehead atoms. The Balaban J connectivity index is 1.93. The molecule has 1 heterocycles. The Morgan fingerprint density at radius 2 is 2.21 bits per heavy atom. The van der Waals surface area contributed by atoms with E-state index in [1.165, 1.54) is 0 Å². The van der Waals surface area contributed by atoms with Gasteiger partial charge in [-0.2, -0.15) is 0 Å². The number of halogens is 1. The van der Waals surface area contributed by atoms with Crippen LogP contribution < -0.4 is 10.6 Å². The summed E-state index contributed by atoms with van der Waals surface area (Å²) in [5.41, 5.74) is 3.01. The van der Waals surface area contributed by atoms with Gasteiger partial charge in [0.2, 0.25) is 0 Å². The van der Waals surface area contributed by atoms with Crippen molar-refractivity contribution < 1.29 is 0 Å². The number of pyridine rings is 1. The number of aromatic nitrogens is 1. The van der Waals surface area contributed by atoms with Gasteiger partial charge in [0.15, 0.2) is 5.11 Å². The predicted octanol–water partition coefficient (Wildman–Crippen LogP) is 3.53. The maximum Gasteiger partial charge on any atom is 0.171 e. The van der Waals surface area contributed by atoms with Gasteiger partial charge in [0.1, 0.15) is 0 Å². The number of nitrogens with zero attached hydrogens (tertiary/aromatic N) is 1. The maximum atomic E-state index is 6.10. The van der Waals surface area contributed by atoms with E-state index in [0.717, 1.165) is 16.8 Å². The zero-order valence-corrected chi connectivity index (χ0v) is 12.1. The fourth-order valence-electron chi connectivity index (χ4n) is 1.59. The molecule has 0 unspecified atom stereocenters. The molecule has 1 aromatic heterocycles. The summed E-state index contributed by atoms with van der Waals surface area (Å²) in [5, 5.41) is 7.39. The number of hydrogen-bond acceptors (Lipinski definition) is 2. The summed E-state index contributed by atoms with van der Waals surface area (Å²) in [6, 6.07) is 9.65. The molecule has 2 rings (SSSR count). The van der Waals surface area contributed by atoms with E-state index in [4.69, 9.17) is 23.8 Å². The number of thiocarbonyl (C=S) groups is 1. The zero-order chi connectivity index (χ0) is 13.7. The predicted molar refractivity (Wildman–Crippen MR) is 83.5 cm³/mol. The normalized spacial score (nSPS) is 10.0. The second-order valence-corrected chi connectivity index (χ2v) is 4.97. The van der Waals surface area contributed by atoms with E-state index in [-0.39, 0.29) is 0 Å². The van der Waals surface area contributed by atoms with Gasteiger partial charge in [0.05, 0.1) is 10.7 Å². The molecule has 19 heavy (non-hydrogen) atoms. The Morgan fingerprint density at radius 1 is 1.37 bits per heavy atom. The van der Waals surface area contributed by atoms with Gasteiger partial charge in [-0.15, -0.1) is 0 Å². The topological polar surface area (TPSA) is 37.0 Å². The van der Waals surface area contributed by atoms with Crippen LogP contribution in [0.4, 0.5) is 5.69 Å². The number of benzene rings is 1. The zero-order valence-electron chi connectivity index (χ0n) is 10.5. The van der Waals surface area contributed by atoms with Crippen LogP contribution in [0, 0.1) is 6.92 Å². The van der Waals surface area contributed by atoms with Crippen molar-refractivity contribution in [2.24, 2.45) is 0 Å². The van der Waals surface area contributed by atoms with Crippen molar-refractivity contribution in [3.05, 3.63) is 58.9 Å². The van der Waals surface area contributed by atoms with Crippen LogP contribution in [0.25, 0.3) is 0 Å². The van der Waals surface area contributed by atoms with Crippen LogP contribution >= 0.6 is 23.8 Å². The Hall–Kier alpha value is -1.65. The Kier molecular flexibility index (Phi) is 4.71. The molecule has 2 aromatic rings. The van der Waals surface area contributed by atoms with Gasteiger partial charge in [0.25, 0.3) is 0 Å². The molecule has 0 radical (unpaired) electrons. The Bertz CT molecular complexity index is 572. The lowest BCUT2D eigenvalue weighted by Crippen LogP contribution is -2.28. The third kappa shape index (κ3) is 4.19. The molecule has 0 saturated carbocycles. The highest BCUT2D eigenvalue weighted by Gasteiger charge is 2.03. The van der Waals surface area contributed by atoms with Crippen LogP contribution in [0.1, 0.15) is 11.1 Å². The van der Waals surface area contributed by atoms with Crippen molar-refractivity contribution in [3.63, 3.8) is 0 Å². The molecule has 98 valence electrons. The number of aryl methyl sites for hydroxylation is 1. The van der Waals surface area contributed by atoms with E-state index in [9.17, 15) is 0 Å². The first-order valence-electron chi connectivity index (χ1n) is 5.85. The molecule has 3 nitrogen and oxygen atoms in total. The smallest absolute Gasteiger partial charge is 0.171 e. The first-order chi connectivity index (χ1) is 9.15. The number of hydrogen-bond donors (Lipinski definition) is 2. The highest BCUT2D eigenvalue weighted by molar-refractivity contribution is 7.80. The van der Waals surface area contributed by atoms with Crippen LogP contribution in [0.5, 0.6) is 0 Å². The van der Waals surface area contributed by atoms with Crippen molar-refractivity contribution in [1.82, 2.24) is 10.3 Å². The summed E-state index contributed by atoms with van der Waals surface area (Å²) in [5.74, 6) is 0. The van der Waals surface area contributed by atoms with Gasteiger partial charge in [-0.3, -0.25) is 4.98 Å². The number of rotatable bonds is 3. The van der Waals surface area contributed by atoms with E-state index in [0.29, 0.717) is 16.7 Å². The summed E-state index contributed by atoms with van der Waals surface area (Å²) >= 11 is 11.3. The van der Waals surface area contributed by atoms with E-state index in [2.05, 4.69) is 15.6 Å². The average molecular weight is 292 g/mol. The van der Waals surface area contributed by atoms with Crippen LogP contribution in [-0.2, 0) is 6.54 Å². The number of nitrogens with one attached hydrogen (secondary N) is 2. The molecule has 0 fully saturated rings. The van der Waals surface area contributed by atoms with Crippen molar-refractivity contribution in [2.45, 2.75) is 13.5 Å². The molecule has 5 heteroatoms. The van der Waals surface area contributed by atoms with Crippen molar-refractivity contribution in [3.8, 4) is 0 Å². The standard InChI is InChI=1S/C14H14ClN3S/c1-10-4-5-12(15)13(7-10)18-14(19)17-9-11-3-2-6-16-8-11/h2-8H,9H2,1H3,(H2,17,18,19). The van der Waals surface area contributed by atoms with E-state index in [1.807, 2.05) is 37.3 Å². The van der Waals surface area contributed by atoms with Gasteiger partial charge in [-0.05, 0) is 48.5 Å². The van der Waals surface area contributed by atoms with Crippen molar-refractivity contribution in [1.29, 1.82) is 0 Å². The molecule has 2 N–H and O–H groups in total. The molecule has 0 aliphatic rings. The molecular formula is C14H14ClN3S. The largest absolute Gasteiger partial charge is 0.358 e. The fraction of sp³-hybridized carbons (Fsp3) is 0.143. The maximum absolute atomic E-state index is 6.10. The summed E-state index contributed by atoms with van der Waals surface area (Å²) in [4.78, 5) is 4.05. The van der Waals surface area contributed by atoms with E-state index in [1.54, 1.807) is 12.4 Å². The summed E-state index contributed by atoms with van der Waals surface area (Å²) < 4.78 is 0. The lowest BCUT2D eigenvalue weighted by Gasteiger charge is -2.12. The third-order valence-electron chi connectivity index (χ3n) is 2.55. The molecule has 1 aromatic carbocycles. The second-order valence-electron chi connectivity index (χ2n) is 4.15. The van der Waals surface area contributed by atoms with E-state index >= 15 is 0 Å². The molecule has 0 atom stereocenters. The van der Waals surface area contributed by atoms with Gasteiger partial charge < -0.3 is 10.6 Å². The van der Waals surface area contributed by atoms with Crippen LogP contribution in [0.3, 0.4) is 0 Å². The molecule has 0 aliphatic carbocycles. The lowest BCUT2D eigenvalue weighted by molar-refractivity contribution is 0.916. The minimum absolute atomic E-state index is 0.538. The highest BCUT2D eigenvalue weighted by atomic mass is 35.5. The quantitative estimate of drug-likeness (QED) is 0.848. The van der Waals surface area contributed by atoms with Crippen LogP contribution in [0.2, 0.25) is 5.02 Å². The summed E-state index contributed by atoms with van der Waals surface area (Å²) in [6.45, 7) is 2.64. The van der Waals surface area contributed by atoms with E-state index < -0.39 is 0 Å². The Morgan fingerprint density at radius 3 is 2.95 bits per heavy atom. The molecular weight excluding hydrogens is 278 g/mol. The minimum atomic E-state index is 0.538. The monoisotopic (exact) mass is 291 g/mol. The van der Waals surface area contributed by atoms with Gasteiger partial charge in [-0.25, -0.2) is 0 Å². The average Bonchev–Trinajstić information content (AvgIpc) is 2.42. The molecule has 0 saturated heterocycles. The summed E-state index contributed by atoms with van der Waals surface area (Å²) in [6.07, 6.45) is 3.54. The minimum Gasteiger partial charge on any atom is -0.358 e. The Labute approximate surface area is 123 Å². The van der Waals surface area contributed by atoms with Crippen molar-refractivity contribution >= 4 is 34.6 Å². The first kappa shape index (κ1) is 13.8. The fourth-order valence-corrected chi connectivity index (χ4v) is 1.93. The molecule has 0 spiro atoms. The van der Waals surface area contributed by atoms with Crippen molar-refractivity contribution in [2.75, 3.05) is 5.32 Å². The van der Waals surface area contributed by atoms with Gasteiger partial charge in [0, 0.05) is 18.9 Å².